The smallest absolute Gasteiger partial charge is 0.250 e. The molecule has 0 aliphatic heterocycles. The van der Waals surface area contributed by atoms with Gasteiger partial charge in [0.25, 0.3) is 10.0 Å². The maximum Gasteiger partial charge on any atom is 0.250 e. The van der Waals surface area contributed by atoms with Gasteiger partial charge in [0, 0.05) is 10.6 Å². The van der Waals surface area contributed by atoms with E-state index in [1.807, 2.05) is 26.0 Å². The van der Waals surface area contributed by atoms with E-state index in [1.165, 1.54) is 17.4 Å². The number of sulfonamides is 1. The van der Waals surface area contributed by atoms with Crippen LogP contribution in [-0.2, 0) is 14.8 Å². The van der Waals surface area contributed by atoms with Crippen LogP contribution in [-0.4, -0.2) is 20.9 Å². The molecule has 0 saturated carbocycles. The predicted molar refractivity (Wildman–Crippen MR) is 84.1 cm³/mol. The lowest BCUT2D eigenvalue weighted by Gasteiger charge is -2.07. The SMILES string of the molecule is Cc1ccc(NC(=O)CNS(=O)(=O)c2ccc(C)s2)cc1. The van der Waals surface area contributed by atoms with Gasteiger partial charge in [-0.25, -0.2) is 13.1 Å². The summed E-state index contributed by atoms with van der Waals surface area (Å²) in [6.07, 6.45) is 0. The largest absolute Gasteiger partial charge is 0.325 e. The molecule has 7 heteroatoms. The van der Waals surface area contributed by atoms with E-state index in [1.54, 1.807) is 18.2 Å². The van der Waals surface area contributed by atoms with E-state index in [4.69, 9.17) is 0 Å². The monoisotopic (exact) mass is 324 g/mol. The van der Waals surface area contributed by atoms with Gasteiger partial charge in [0.15, 0.2) is 0 Å². The van der Waals surface area contributed by atoms with Crippen molar-refractivity contribution in [2.24, 2.45) is 0 Å². The molecule has 5 nitrogen and oxygen atoms in total. The fourth-order valence-electron chi connectivity index (χ4n) is 1.63. The van der Waals surface area contributed by atoms with E-state index in [0.29, 0.717) is 5.69 Å². The van der Waals surface area contributed by atoms with Gasteiger partial charge in [-0.2, -0.15) is 0 Å². The van der Waals surface area contributed by atoms with Crippen LogP contribution in [0.1, 0.15) is 10.4 Å². The first kappa shape index (κ1) is 15.7. The molecule has 0 unspecified atom stereocenters. The van der Waals surface area contributed by atoms with Crippen LogP contribution in [0.3, 0.4) is 0 Å². The highest BCUT2D eigenvalue weighted by molar-refractivity contribution is 7.91. The van der Waals surface area contributed by atoms with E-state index in [0.717, 1.165) is 10.4 Å². The van der Waals surface area contributed by atoms with Crippen LogP contribution in [0.25, 0.3) is 0 Å². The molecule has 2 rings (SSSR count). The van der Waals surface area contributed by atoms with Gasteiger partial charge in [-0.15, -0.1) is 11.3 Å². The maximum atomic E-state index is 12.0. The number of anilines is 1. The number of carbonyl (C=O) groups is 1. The van der Waals surface area contributed by atoms with E-state index >= 15 is 0 Å². The molecule has 0 aliphatic rings. The molecule has 21 heavy (non-hydrogen) atoms. The van der Waals surface area contributed by atoms with Crippen molar-refractivity contribution in [2.45, 2.75) is 18.1 Å². The standard InChI is InChI=1S/C14H16N2O3S2/c1-10-3-6-12(7-4-10)16-13(17)9-15-21(18,19)14-8-5-11(2)20-14/h3-8,15H,9H2,1-2H3,(H,16,17). The average Bonchev–Trinajstić information content (AvgIpc) is 2.87. The number of carbonyl (C=O) groups excluding carboxylic acids is 1. The number of hydrogen-bond donors (Lipinski definition) is 2. The molecule has 1 aromatic heterocycles. The highest BCUT2D eigenvalue weighted by Crippen LogP contribution is 2.20. The zero-order valence-electron chi connectivity index (χ0n) is 11.7. The fourth-order valence-corrected chi connectivity index (χ4v) is 3.94. The second kappa shape index (κ2) is 6.38. The second-order valence-electron chi connectivity index (χ2n) is 4.60. The number of thiophene rings is 1. The van der Waals surface area contributed by atoms with Crippen LogP contribution in [0.15, 0.2) is 40.6 Å². The molecular formula is C14H16N2O3S2. The minimum Gasteiger partial charge on any atom is -0.325 e. The molecular weight excluding hydrogens is 308 g/mol. The number of rotatable bonds is 5. The molecule has 2 N–H and O–H groups in total. The number of benzene rings is 1. The Labute approximate surface area is 128 Å². The Hall–Kier alpha value is -1.70. The molecule has 2 aromatic rings. The summed E-state index contributed by atoms with van der Waals surface area (Å²) in [6.45, 7) is 3.48. The van der Waals surface area contributed by atoms with Crippen molar-refractivity contribution in [1.82, 2.24) is 4.72 Å². The zero-order valence-corrected chi connectivity index (χ0v) is 13.3. The Balaban J connectivity index is 1.93. The zero-order chi connectivity index (χ0) is 15.5. The van der Waals surface area contributed by atoms with E-state index in [2.05, 4.69) is 10.0 Å². The van der Waals surface area contributed by atoms with Crippen LogP contribution in [0, 0.1) is 13.8 Å². The molecule has 0 radical (unpaired) electrons. The lowest BCUT2D eigenvalue weighted by Crippen LogP contribution is -2.32. The molecule has 0 bridgehead atoms. The molecule has 0 aliphatic carbocycles. The van der Waals surface area contributed by atoms with Crippen molar-refractivity contribution in [3.63, 3.8) is 0 Å². The van der Waals surface area contributed by atoms with Gasteiger partial charge in [-0.05, 0) is 38.1 Å². The van der Waals surface area contributed by atoms with Crippen molar-refractivity contribution in [2.75, 3.05) is 11.9 Å². The van der Waals surface area contributed by atoms with Gasteiger partial charge in [-0.3, -0.25) is 4.79 Å². The summed E-state index contributed by atoms with van der Waals surface area (Å²) in [4.78, 5) is 12.6. The highest BCUT2D eigenvalue weighted by Gasteiger charge is 2.17. The number of hydrogen-bond acceptors (Lipinski definition) is 4. The minimum absolute atomic E-state index is 0.211. The number of aryl methyl sites for hydroxylation is 2. The molecule has 0 spiro atoms. The third-order valence-electron chi connectivity index (χ3n) is 2.74. The Morgan fingerprint density at radius 3 is 2.33 bits per heavy atom. The quantitative estimate of drug-likeness (QED) is 0.886. The summed E-state index contributed by atoms with van der Waals surface area (Å²) in [5.41, 5.74) is 1.72. The highest BCUT2D eigenvalue weighted by atomic mass is 32.2. The van der Waals surface area contributed by atoms with Gasteiger partial charge >= 0.3 is 0 Å². The third-order valence-corrected chi connectivity index (χ3v) is 5.63. The van der Waals surface area contributed by atoms with E-state index in [-0.39, 0.29) is 10.8 Å². The Morgan fingerprint density at radius 1 is 1.10 bits per heavy atom. The van der Waals surface area contributed by atoms with E-state index < -0.39 is 15.9 Å². The van der Waals surface area contributed by atoms with Crippen LogP contribution in [0.5, 0.6) is 0 Å². The first-order valence-electron chi connectivity index (χ1n) is 6.29. The molecule has 0 atom stereocenters. The lowest BCUT2D eigenvalue weighted by molar-refractivity contribution is -0.115. The molecule has 0 fully saturated rings. The Kier molecular flexibility index (Phi) is 4.76. The van der Waals surface area contributed by atoms with Crippen LogP contribution < -0.4 is 10.0 Å². The maximum absolute atomic E-state index is 12.0. The number of amides is 1. The van der Waals surface area contributed by atoms with Crippen molar-refractivity contribution in [1.29, 1.82) is 0 Å². The lowest BCUT2D eigenvalue weighted by atomic mass is 10.2. The van der Waals surface area contributed by atoms with Crippen molar-refractivity contribution >= 4 is 33.0 Å². The van der Waals surface area contributed by atoms with Crippen molar-refractivity contribution in [3.05, 3.63) is 46.8 Å². The van der Waals surface area contributed by atoms with Gasteiger partial charge in [0.1, 0.15) is 4.21 Å². The van der Waals surface area contributed by atoms with Gasteiger partial charge in [0.2, 0.25) is 5.91 Å². The van der Waals surface area contributed by atoms with Crippen molar-refractivity contribution < 1.29 is 13.2 Å². The third kappa shape index (κ3) is 4.38. The van der Waals surface area contributed by atoms with Crippen LogP contribution in [0.2, 0.25) is 0 Å². The van der Waals surface area contributed by atoms with E-state index in [9.17, 15) is 13.2 Å². The fraction of sp³-hybridized carbons (Fsp3) is 0.214. The van der Waals surface area contributed by atoms with Crippen LogP contribution in [0.4, 0.5) is 5.69 Å². The second-order valence-corrected chi connectivity index (χ2v) is 7.89. The Bertz CT molecular complexity index is 734. The predicted octanol–water partition coefficient (Wildman–Crippen LogP) is 2.28. The van der Waals surface area contributed by atoms with Crippen molar-refractivity contribution in [3.8, 4) is 0 Å². The van der Waals surface area contributed by atoms with Gasteiger partial charge in [-0.1, -0.05) is 17.7 Å². The first-order chi connectivity index (χ1) is 9.87. The molecule has 1 amide bonds. The first-order valence-corrected chi connectivity index (χ1v) is 8.59. The van der Waals surface area contributed by atoms with Gasteiger partial charge in [0.05, 0.1) is 6.54 Å². The normalized spacial score (nSPS) is 11.3. The summed E-state index contributed by atoms with van der Waals surface area (Å²) in [6, 6.07) is 10.5. The summed E-state index contributed by atoms with van der Waals surface area (Å²) in [5.74, 6) is -0.407. The van der Waals surface area contributed by atoms with Crippen LogP contribution >= 0.6 is 11.3 Å². The summed E-state index contributed by atoms with van der Waals surface area (Å²) < 4.78 is 26.4. The molecule has 0 saturated heterocycles. The van der Waals surface area contributed by atoms with Gasteiger partial charge < -0.3 is 5.32 Å². The molecule has 112 valence electrons. The number of nitrogens with one attached hydrogen (secondary N) is 2. The topological polar surface area (TPSA) is 75.3 Å². The molecule has 1 aromatic carbocycles. The average molecular weight is 324 g/mol. The summed E-state index contributed by atoms with van der Waals surface area (Å²) >= 11 is 1.17. The summed E-state index contributed by atoms with van der Waals surface area (Å²) in [7, 11) is -3.63. The summed E-state index contributed by atoms with van der Waals surface area (Å²) in [5, 5.41) is 2.64. The molecule has 1 heterocycles. The Morgan fingerprint density at radius 2 is 1.76 bits per heavy atom. The minimum atomic E-state index is -3.63.